The topological polar surface area (TPSA) is 46.2 Å². The van der Waals surface area contributed by atoms with Crippen molar-refractivity contribution in [1.29, 1.82) is 0 Å². The van der Waals surface area contributed by atoms with E-state index in [-0.39, 0.29) is 5.92 Å². The predicted molar refractivity (Wildman–Crippen MR) is 55.3 cm³/mol. The van der Waals surface area contributed by atoms with E-state index in [9.17, 15) is 5.11 Å². The molecule has 2 atom stereocenters. The molecule has 0 spiro atoms. The third kappa shape index (κ3) is 2.46. The molecule has 1 aromatic carbocycles. The lowest BCUT2D eigenvalue weighted by molar-refractivity contribution is 0.115. The number of aliphatic hydroxyl groups is 1. The molecular formula is C11H17NO. The number of hydrogen-bond donors (Lipinski definition) is 2. The van der Waals surface area contributed by atoms with Gasteiger partial charge in [0.05, 0.1) is 6.10 Å². The van der Waals surface area contributed by atoms with Crippen LogP contribution in [0.5, 0.6) is 0 Å². The summed E-state index contributed by atoms with van der Waals surface area (Å²) >= 11 is 0. The molecule has 2 unspecified atom stereocenters. The van der Waals surface area contributed by atoms with Crippen molar-refractivity contribution in [2.45, 2.75) is 26.4 Å². The Labute approximate surface area is 79.4 Å². The van der Waals surface area contributed by atoms with E-state index >= 15 is 0 Å². The molecule has 0 saturated carbocycles. The van der Waals surface area contributed by atoms with Gasteiger partial charge in [-0.15, -0.1) is 0 Å². The summed E-state index contributed by atoms with van der Waals surface area (Å²) in [4.78, 5) is 0. The maximum atomic E-state index is 9.86. The SMILES string of the molecule is CCC(C)C(O)c1cccc(N)c1. The van der Waals surface area contributed by atoms with E-state index in [1.54, 1.807) is 0 Å². The highest BCUT2D eigenvalue weighted by atomic mass is 16.3. The minimum atomic E-state index is -0.395. The largest absolute Gasteiger partial charge is 0.399 e. The lowest BCUT2D eigenvalue weighted by atomic mass is 9.95. The average Bonchev–Trinajstić information content (AvgIpc) is 2.15. The molecule has 3 N–H and O–H groups in total. The smallest absolute Gasteiger partial charge is 0.0816 e. The molecule has 0 bridgehead atoms. The zero-order valence-electron chi connectivity index (χ0n) is 8.20. The van der Waals surface area contributed by atoms with Gasteiger partial charge in [-0.3, -0.25) is 0 Å². The van der Waals surface area contributed by atoms with Crippen LogP contribution in [0.15, 0.2) is 24.3 Å². The van der Waals surface area contributed by atoms with Crippen molar-refractivity contribution < 1.29 is 5.11 Å². The molecule has 0 heterocycles. The third-order valence-corrected chi connectivity index (χ3v) is 2.44. The van der Waals surface area contributed by atoms with E-state index in [1.165, 1.54) is 0 Å². The lowest BCUT2D eigenvalue weighted by Crippen LogP contribution is -2.08. The Bertz CT molecular complexity index is 273. The molecule has 1 aromatic rings. The molecule has 0 aliphatic carbocycles. The van der Waals surface area contributed by atoms with Crippen molar-refractivity contribution in [1.82, 2.24) is 0 Å². The standard InChI is InChI=1S/C11H17NO/c1-3-8(2)11(13)9-5-4-6-10(12)7-9/h4-8,11,13H,3,12H2,1-2H3. The number of hydrogen-bond acceptors (Lipinski definition) is 2. The summed E-state index contributed by atoms with van der Waals surface area (Å²) in [7, 11) is 0. The molecule has 2 heteroatoms. The molecule has 0 aliphatic rings. The van der Waals surface area contributed by atoms with Crippen LogP contribution in [0.25, 0.3) is 0 Å². The number of aliphatic hydroxyl groups excluding tert-OH is 1. The van der Waals surface area contributed by atoms with Crippen LogP contribution in [0.2, 0.25) is 0 Å². The number of nitrogens with two attached hydrogens (primary N) is 1. The molecule has 0 aromatic heterocycles. The third-order valence-electron chi connectivity index (χ3n) is 2.44. The highest BCUT2D eigenvalue weighted by molar-refractivity contribution is 5.41. The van der Waals surface area contributed by atoms with Crippen LogP contribution in [0.1, 0.15) is 31.9 Å². The molecular weight excluding hydrogens is 162 g/mol. The second-order valence-electron chi connectivity index (χ2n) is 3.50. The van der Waals surface area contributed by atoms with Crippen molar-refractivity contribution in [3.8, 4) is 0 Å². The minimum Gasteiger partial charge on any atom is -0.399 e. The van der Waals surface area contributed by atoms with E-state index < -0.39 is 6.10 Å². The van der Waals surface area contributed by atoms with Gasteiger partial charge in [-0.2, -0.15) is 0 Å². The quantitative estimate of drug-likeness (QED) is 0.700. The van der Waals surface area contributed by atoms with Gasteiger partial charge < -0.3 is 10.8 Å². The lowest BCUT2D eigenvalue weighted by Gasteiger charge is -2.17. The van der Waals surface area contributed by atoms with E-state index in [2.05, 4.69) is 6.92 Å². The van der Waals surface area contributed by atoms with Gasteiger partial charge in [0.2, 0.25) is 0 Å². The first-order valence-electron chi connectivity index (χ1n) is 4.68. The summed E-state index contributed by atoms with van der Waals surface area (Å²) in [5.74, 6) is 0.279. The molecule has 72 valence electrons. The Kier molecular flexibility index (Phi) is 3.32. The Morgan fingerprint density at radius 1 is 1.46 bits per heavy atom. The normalized spacial score (nSPS) is 15.3. The van der Waals surface area contributed by atoms with Crippen molar-refractivity contribution in [2.24, 2.45) is 5.92 Å². The highest BCUT2D eigenvalue weighted by Crippen LogP contribution is 2.24. The number of benzene rings is 1. The van der Waals surface area contributed by atoms with Crippen molar-refractivity contribution in [3.05, 3.63) is 29.8 Å². The fourth-order valence-electron chi connectivity index (χ4n) is 1.29. The van der Waals surface area contributed by atoms with Gasteiger partial charge in [-0.1, -0.05) is 32.4 Å². The molecule has 0 amide bonds. The maximum Gasteiger partial charge on any atom is 0.0816 e. The second kappa shape index (κ2) is 4.28. The van der Waals surface area contributed by atoms with Crippen LogP contribution < -0.4 is 5.73 Å². The fraction of sp³-hybridized carbons (Fsp3) is 0.455. The monoisotopic (exact) mass is 179 g/mol. The van der Waals surface area contributed by atoms with Crippen LogP contribution in [-0.4, -0.2) is 5.11 Å². The van der Waals surface area contributed by atoms with Crippen molar-refractivity contribution in [3.63, 3.8) is 0 Å². The Balaban J connectivity index is 2.82. The van der Waals surface area contributed by atoms with Gasteiger partial charge in [0, 0.05) is 5.69 Å². The molecule has 0 aliphatic heterocycles. The maximum absolute atomic E-state index is 9.86. The van der Waals surface area contributed by atoms with Gasteiger partial charge in [0.1, 0.15) is 0 Å². The number of nitrogen functional groups attached to an aromatic ring is 1. The summed E-state index contributed by atoms with van der Waals surface area (Å²) in [6.45, 7) is 4.11. The first-order chi connectivity index (χ1) is 6.15. The second-order valence-corrected chi connectivity index (χ2v) is 3.50. The zero-order chi connectivity index (χ0) is 9.84. The van der Waals surface area contributed by atoms with Crippen LogP contribution in [0, 0.1) is 5.92 Å². The van der Waals surface area contributed by atoms with Gasteiger partial charge in [0.15, 0.2) is 0 Å². The summed E-state index contributed by atoms with van der Waals surface area (Å²) in [6, 6.07) is 7.44. The first-order valence-corrected chi connectivity index (χ1v) is 4.68. The zero-order valence-corrected chi connectivity index (χ0v) is 8.20. The predicted octanol–water partition coefficient (Wildman–Crippen LogP) is 2.35. The summed E-state index contributed by atoms with van der Waals surface area (Å²) in [5, 5.41) is 9.86. The van der Waals surface area contributed by atoms with E-state index in [4.69, 9.17) is 5.73 Å². The molecule has 0 radical (unpaired) electrons. The van der Waals surface area contributed by atoms with E-state index in [0.717, 1.165) is 12.0 Å². The molecule has 0 fully saturated rings. The molecule has 1 rings (SSSR count). The van der Waals surface area contributed by atoms with Crippen LogP contribution in [0.3, 0.4) is 0 Å². The summed E-state index contributed by atoms with van der Waals surface area (Å²) in [6.07, 6.45) is 0.573. The molecule has 13 heavy (non-hydrogen) atoms. The van der Waals surface area contributed by atoms with Crippen molar-refractivity contribution >= 4 is 5.69 Å². The van der Waals surface area contributed by atoms with E-state index in [1.807, 2.05) is 31.2 Å². The minimum absolute atomic E-state index is 0.279. The Morgan fingerprint density at radius 2 is 2.15 bits per heavy atom. The van der Waals surface area contributed by atoms with Gasteiger partial charge in [0.25, 0.3) is 0 Å². The van der Waals surface area contributed by atoms with Crippen LogP contribution >= 0.6 is 0 Å². The number of anilines is 1. The number of rotatable bonds is 3. The van der Waals surface area contributed by atoms with Crippen molar-refractivity contribution in [2.75, 3.05) is 5.73 Å². The van der Waals surface area contributed by atoms with Crippen LogP contribution in [-0.2, 0) is 0 Å². The van der Waals surface area contributed by atoms with Gasteiger partial charge in [-0.25, -0.2) is 0 Å². The average molecular weight is 179 g/mol. The summed E-state index contributed by atoms with van der Waals surface area (Å²) < 4.78 is 0. The molecule has 0 saturated heterocycles. The molecule has 2 nitrogen and oxygen atoms in total. The highest BCUT2D eigenvalue weighted by Gasteiger charge is 2.13. The van der Waals surface area contributed by atoms with E-state index in [0.29, 0.717) is 5.69 Å². The fourth-order valence-corrected chi connectivity index (χ4v) is 1.29. The Morgan fingerprint density at radius 3 is 2.69 bits per heavy atom. The first kappa shape index (κ1) is 10.1. The van der Waals surface area contributed by atoms with Crippen LogP contribution in [0.4, 0.5) is 5.69 Å². The van der Waals surface area contributed by atoms with Gasteiger partial charge >= 0.3 is 0 Å². The Hall–Kier alpha value is -1.02. The summed E-state index contributed by atoms with van der Waals surface area (Å²) in [5.41, 5.74) is 7.25. The van der Waals surface area contributed by atoms with Gasteiger partial charge in [-0.05, 0) is 23.6 Å².